The van der Waals surface area contributed by atoms with Gasteiger partial charge in [-0.15, -0.1) is 0 Å². The van der Waals surface area contributed by atoms with Crippen molar-refractivity contribution in [3.63, 3.8) is 0 Å². The molecule has 6 nitrogen and oxygen atoms in total. The van der Waals surface area contributed by atoms with E-state index in [0.717, 1.165) is 55.6 Å². The van der Waals surface area contributed by atoms with Crippen LogP contribution in [0.3, 0.4) is 0 Å². The number of amides is 1. The highest BCUT2D eigenvalue weighted by molar-refractivity contribution is 7.89. The number of carbonyl (C=O) groups excluding carboxylic acids is 1. The topological polar surface area (TPSA) is 60.9 Å². The largest absolute Gasteiger partial charge is 0.362 e. The van der Waals surface area contributed by atoms with Gasteiger partial charge in [0.2, 0.25) is 15.9 Å². The fraction of sp³-hybridized carbons (Fsp3) is 0.458. The number of hydrogen-bond acceptors (Lipinski definition) is 4. The molecule has 164 valence electrons. The van der Waals surface area contributed by atoms with Gasteiger partial charge in [0.05, 0.1) is 11.4 Å². The van der Waals surface area contributed by atoms with Crippen molar-refractivity contribution in [2.45, 2.75) is 43.4 Å². The Morgan fingerprint density at radius 2 is 1.61 bits per heavy atom. The van der Waals surface area contributed by atoms with Crippen LogP contribution in [0.25, 0.3) is 0 Å². The zero-order chi connectivity index (χ0) is 21.4. The van der Waals surface area contributed by atoms with E-state index < -0.39 is 10.0 Å². The Bertz CT molecular complexity index is 1090. The number of rotatable bonds is 4. The molecular weight excluding hydrogens is 410 g/mol. The first kappa shape index (κ1) is 20.5. The average Bonchev–Trinajstić information content (AvgIpc) is 3.23. The van der Waals surface area contributed by atoms with Crippen LogP contribution in [0.5, 0.6) is 0 Å². The Morgan fingerprint density at radius 3 is 2.45 bits per heavy atom. The minimum atomic E-state index is -3.46. The lowest BCUT2D eigenvalue weighted by atomic mass is 10.0. The molecule has 0 radical (unpaired) electrons. The number of fused-ring (bicyclic) bond motifs is 2. The molecule has 2 aromatic carbocycles. The maximum Gasteiger partial charge on any atom is 0.246 e. The van der Waals surface area contributed by atoms with E-state index in [2.05, 4.69) is 23.1 Å². The fourth-order valence-corrected chi connectivity index (χ4v) is 6.64. The van der Waals surface area contributed by atoms with Crippen molar-refractivity contribution in [1.82, 2.24) is 4.31 Å². The highest BCUT2D eigenvalue weighted by Crippen LogP contribution is 2.33. The van der Waals surface area contributed by atoms with E-state index in [-0.39, 0.29) is 5.91 Å². The number of sulfonamides is 1. The van der Waals surface area contributed by atoms with Crippen LogP contribution in [-0.2, 0) is 27.7 Å². The van der Waals surface area contributed by atoms with Crippen LogP contribution in [0.4, 0.5) is 11.4 Å². The lowest BCUT2D eigenvalue weighted by Crippen LogP contribution is -2.41. The van der Waals surface area contributed by atoms with Crippen LogP contribution < -0.4 is 9.80 Å². The van der Waals surface area contributed by atoms with Gasteiger partial charge < -0.3 is 9.80 Å². The van der Waals surface area contributed by atoms with E-state index >= 15 is 0 Å². The van der Waals surface area contributed by atoms with Gasteiger partial charge in [0.25, 0.3) is 0 Å². The Hall–Kier alpha value is -2.38. The van der Waals surface area contributed by atoms with Gasteiger partial charge in [-0.3, -0.25) is 4.79 Å². The molecule has 1 saturated heterocycles. The minimum Gasteiger partial charge on any atom is -0.362 e. The molecule has 5 rings (SSSR count). The van der Waals surface area contributed by atoms with E-state index in [0.29, 0.717) is 37.5 Å². The number of benzene rings is 2. The molecule has 0 aromatic heterocycles. The number of piperidine rings is 1. The average molecular weight is 440 g/mol. The Labute approximate surface area is 184 Å². The summed E-state index contributed by atoms with van der Waals surface area (Å²) in [5, 5.41) is 0. The van der Waals surface area contributed by atoms with Crippen LogP contribution in [0, 0.1) is 0 Å². The predicted molar refractivity (Wildman–Crippen MR) is 122 cm³/mol. The van der Waals surface area contributed by atoms with Crippen LogP contribution in [-0.4, -0.2) is 51.4 Å². The standard InChI is InChI=1S/C24H29N3O3S/c28-24(18-25-13-6-8-19-7-2-3-9-22(19)25)27-16-12-20-17-21(10-11-23(20)27)31(29,30)26-14-4-1-5-15-26/h2-3,7,9-11,17H,1,4-6,8,12-16,18H2. The molecule has 7 heteroatoms. The highest BCUT2D eigenvalue weighted by atomic mass is 32.2. The number of nitrogens with zero attached hydrogens (tertiary/aromatic N) is 3. The molecule has 2 aromatic rings. The van der Waals surface area contributed by atoms with Gasteiger partial charge in [-0.05, 0) is 67.5 Å². The van der Waals surface area contributed by atoms with Crippen LogP contribution in [0.15, 0.2) is 47.4 Å². The maximum atomic E-state index is 13.2. The van der Waals surface area contributed by atoms with Crippen molar-refractivity contribution in [1.29, 1.82) is 0 Å². The fourth-order valence-electron chi connectivity index (χ4n) is 5.08. The molecule has 0 saturated carbocycles. The molecule has 0 aliphatic carbocycles. The zero-order valence-corrected chi connectivity index (χ0v) is 18.6. The van der Waals surface area contributed by atoms with Gasteiger partial charge in [0.15, 0.2) is 0 Å². The third-order valence-electron chi connectivity index (χ3n) is 6.73. The Balaban J connectivity index is 1.34. The third-order valence-corrected chi connectivity index (χ3v) is 8.63. The molecule has 1 amide bonds. The molecule has 0 spiro atoms. The van der Waals surface area contributed by atoms with Gasteiger partial charge in [0.1, 0.15) is 0 Å². The molecular formula is C24H29N3O3S. The summed E-state index contributed by atoms with van der Waals surface area (Å²) in [4.78, 5) is 17.5. The van der Waals surface area contributed by atoms with Gasteiger partial charge in [-0.1, -0.05) is 24.6 Å². The highest BCUT2D eigenvalue weighted by Gasteiger charge is 2.31. The Kier molecular flexibility index (Phi) is 5.48. The van der Waals surface area contributed by atoms with Crippen molar-refractivity contribution < 1.29 is 13.2 Å². The molecule has 3 heterocycles. The lowest BCUT2D eigenvalue weighted by Gasteiger charge is -2.32. The van der Waals surface area contributed by atoms with E-state index in [1.807, 2.05) is 17.0 Å². The number of carbonyl (C=O) groups is 1. The van der Waals surface area contributed by atoms with Gasteiger partial charge in [0, 0.05) is 37.6 Å². The molecule has 0 bridgehead atoms. The molecule has 1 fully saturated rings. The summed E-state index contributed by atoms with van der Waals surface area (Å²) in [5.74, 6) is 0.0714. The van der Waals surface area contributed by atoms with Gasteiger partial charge >= 0.3 is 0 Å². The SMILES string of the molecule is O=C(CN1CCCc2ccccc21)N1CCc2cc(S(=O)(=O)N3CCCCC3)ccc21. The number of anilines is 2. The number of aryl methyl sites for hydroxylation is 1. The summed E-state index contributed by atoms with van der Waals surface area (Å²) in [6, 6.07) is 13.6. The smallest absolute Gasteiger partial charge is 0.246 e. The van der Waals surface area contributed by atoms with Crippen LogP contribution in [0.2, 0.25) is 0 Å². The predicted octanol–water partition coefficient (Wildman–Crippen LogP) is 3.20. The molecule has 0 N–H and O–H groups in total. The molecule has 0 atom stereocenters. The maximum absolute atomic E-state index is 13.2. The van der Waals surface area contributed by atoms with Crippen molar-refractivity contribution >= 4 is 27.3 Å². The van der Waals surface area contributed by atoms with Gasteiger partial charge in [-0.25, -0.2) is 8.42 Å². The molecule has 3 aliphatic rings. The van der Waals surface area contributed by atoms with Crippen molar-refractivity contribution in [3.05, 3.63) is 53.6 Å². The zero-order valence-electron chi connectivity index (χ0n) is 17.8. The summed E-state index contributed by atoms with van der Waals surface area (Å²) < 4.78 is 27.6. The summed E-state index contributed by atoms with van der Waals surface area (Å²) in [6.07, 6.45) is 5.74. The second kappa shape index (κ2) is 8.28. The molecule has 3 aliphatic heterocycles. The molecule has 31 heavy (non-hydrogen) atoms. The summed E-state index contributed by atoms with van der Waals surface area (Å²) in [6.45, 7) is 3.04. The number of hydrogen-bond donors (Lipinski definition) is 0. The first-order chi connectivity index (χ1) is 15.0. The first-order valence-corrected chi connectivity index (χ1v) is 12.7. The van der Waals surface area contributed by atoms with E-state index in [9.17, 15) is 13.2 Å². The van der Waals surface area contributed by atoms with Crippen LogP contribution >= 0.6 is 0 Å². The van der Waals surface area contributed by atoms with Crippen LogP contribution in [0.1, 0.15) is 36.8 Å². The second-order valence-electron chi connectivity index (χ2n) is 8.70. The molecule has 0 unspecified atom stereocenters. The van der Waals surface area contributed by atoms with Crippen molar-refractivity contribution in [3.8, 4) is 0 Å². The van der Waals surface area contributed by atoms with E-state index in [4.69, 9.17) is 0 Å². The van der Waals surface area contributed by atoms with E-state index in [1.54, 1.807) is 16.4 Å². The minimum absolute atomic E-state index is 0.0714. The second-order valence-corrected chi connectivity index (χ2v) is 10.6. The van der Waals surface area contributed by atoms with Crippen molar-refractivity contribution in [2.24, 2.45) is 0 Å². The normalized spacial score (nSPS) is 19.2. The Morgan fingerprint density at radius 1 is 0.806 bits per heavy atom. The van der Waals surface area contributed by atoms with E-state index in [1.165, 1.54) is 5.56 Å². The summed E-state index contributed by atoms with van der Waals surface area (Å²) in [7, 11) is -3.46. The van der Waals surface area contributed by atoms with Crippen molar-refractivity contribution in [2.75, 3.05) is 42.5 Å². The first-order valence-electron chi connectivity index (χ1n) is 11.3. The summed E-state index contributed by atoms with van der Waals surface area (Å²) in [5.41, 5.74) is 4.26. The van der Waals surface area contributed by atoms with Gasteiger partial charge in [-0.2, -0.15) is 4.31 Å². The monoisotopic (exact) mass is 439 g/mol. The summed E-state index contributed by atoms with van der Waals surface area (Å²) >= 11 is 0. The quantitative estimate of drug-likeness (QED) is 0.734. The number of para-hydroxylation sites is 1. The third kappa shape index (κ3) is 3.85. The lowest BCUT2D eigenvalue weighted by molar-refractivity contribution is -0.117.